The SMILES string of the molecule is c1ccc(-c2ccc3c(c2)Oc2cc(-c4ccccc4)ccc2N3c2ccc3ccc4ccccc4c3c2)cc1. The summed E-state index contributed by atoms with van der Waals surface area (Å²) in [5, 5.41) is 4.98. The molecule has 8 rings (SSSR count). The van der Waals surface area contributed by atoms with Crippen LogP contribution in [0.3, 0.4) is 0 Å². The van der Waals surface area contributed by atoms with Crippen LogP contribution in [0.25, 0.3) is 43.8 Å². The highest BCUT2D eigenvalue weighted by atomic mass is 16.5. The summed E-state index contributed by atoms with van der Waals surface area (Å²) in [6, 6.07) is 53.7. The second-order valence-corrected chi connectivity index (χ2v) is 10.2. The fourth-order valence-corrected chi connectivity index (χ4v) is 5.84. The van der Waals surface area contributed by atoms with Crippen LogP contribution >= 0.6 is 0 Å². The number of nitrogens with zero attached hydrogens (tertiary/aromatic N) is 1. The molecule has 0 unspecified atom stereocenters. The van der Waals surface area contributed by atoms with Crippen LogP contribution in [0.4, 0.5) is 17.1 Å². The maximum absolute atomic E-state index is 6.67. The maximum atomic E-state index is 6.67. The molecule has 188 valence electrons. The molecule has 0 saturated heterocycles. The predicted molar refractivity (Wildman–Crippen MR) is 167 cm³/mol. The van der Waals surface area contributed by atoms with Crippen molar-refractivity contribution in [1.29, 1.82) is 0 Å². The first kappa shape index (κ1) is 22.6. The smallest absolute Gasteiger partial charge is 0.152 e. The summed E-state index contributed by atoms with van der Waals surface area (Å²) in [4.78, 5) is 2.33. The van der Waals surface area contributed by atoms with Gasteiger partial charge in [0.25, 0.3) is 0 Å². The lowest BCUT2D eigenvalue weighted by Crippen LogP contribution is -2.16. The van der Waals surface area contributed by atoms with Gasteiger partial charge in [0.15, 0.2) is 11.5 Å². The van der Waals surface area contributed by atoms with Gasteiger partial charge in [-0.1, -0.05) is 115 Å². The van der Waals surface area contributed by atoms with E-state index in [4.69, 9.17) is 4.74 Å². The number of ether oxygens (including phenoxy) is 1. The minimum absolute atomic E-state index is 0.845. The van der Waals surface area contributed by atoms with Crippen molar-refractivity contribution in [2.75, 3.05) is 4.90 Å². The van der Waals surface area contributed by atoms with Gasteiger partial charge in [-0.15, -0.1) is 0 Å². The van der Waals surface area contributed by atoms with Crippen molar-refractivity contribution >= 4 is 38.6 Å². The lowest BCUT2D eigenvalue weighted by Gasteiger charge is -2.33. The van der Waals surface area contributed by atoms with E-state index in [1.54, 1.807) is 0 Å². The van der Waals surface area contributed by atoms with Crippen molar-refractivity contribution in [3.63, 3.8) is 0 Å². The molecule has 0 aromatic heterocycles. The fraction of sp³-hybridized carbons (Fsp3) is 0. The summed E-state index contributed by atoms with van der Waals surface area (Å²) in [5.41, 5.74) is 7.76. The molecule has 0 fully saturated rings. The molecule has 40 heavy (non-hydrogen) atoms. The van der Waals surface area contributed by atoms with Crippen molar-refractivity contribution in [2.24, 2.45) is 0 Å². The Morgan fingerprint density at radius 2 is 0.900 bits per heavy atom. The van der Waals surface area contributed by atoms with Crippen molar-refractivity contribution in [3.8, 4) is 33.8 Å². The predicted octanol–water partition coefficient (Wildman–Crippen LogP) is 10.9. The van der Waals surface area contributed by atoms with Crippen molar-refractivity contribution in [3.05, 3.63) is 152 Å². The second kappa shape index (κ2) is 9.14. The van der Waals surface area contributed by atoms with Gasteiger partial charge >= 0.3 is 0 Å². The van der Waals surface area contributed by atoms with Crippen molar-refractivity contribution in [2.45, 2.75) is 0 Å². The highest BCUT2D eigenvalue weighted by Crippen LogP contribution is 2.52. The van der Waals surface area contributed by atoms with Crippen LogP contribution in [0, 0.1) is 0 Å². The van der Waals surface area contributed by atoms with E-state index >= 15 is 0 Å². The van der Waals surface area contributed by atoms with Gasteiger partial charge in [0.1, 0.15) is 0 Å². The first-order chi connectivity index (χ1) is 19.8. The Morgan fingerprint density at radius 1 is 0.375 bits per heavy atom. The number of hydrogen-bond acceptors (Lipinski definition) is 2. The molecule has 0 N–H and O–H groups in total. The first-order valence-corrected chi connectivity index (χ1v) is 13.6. The third-order valence-corrected chi connectivity index (χ3v) is 7.82. The minimum Gasteiger partial charge on any atom is -0.453 e. The van der Waals surface area contributed by atoms with Crippen molar-refractivity contribution in [1.82, 2.24) is 0 Å². The molecule has 1 aliphatic heterocycles. The zero-order valence-electron chi connectivity index (χ0n) is 21.8. The molecule has 1 heterocycles. The van der Waals surface area contributed by atoms with Gasteiger partial charge in [-0.3, -0.25) is 0 Å². The average molecular weight is 512 g/mol. The lowest BCUT2D eigenvalue weighted by molar-refractivity contribution is 0.477. The highest BCUT2D eigenvalue weighted by Gasteiger charge is 2.27. The molecule has 1 aliphatic rings. The summed E-state index contributed by atoms with van der Waals surface area (Å²) < 4.78 is 6.67. The zero-order valence-corrected chi connectivity index (χ0v) is 21.8. The van der Waals surface area contributed by atoms with Crippen LogP contribution in [-0.2, 0) is 0 Å². The summed E-state index contributed by atoms with van der Waals surface area (Å²) >= 11 is 0. The van der Waals surface area contributed by atoms with Crippen LogP contribution in [0.1, 0.15) is 0 Å². The highest BCUT2D eigenvalue weighted by molar-refractivity contribution is 6.09. The average Bonchev–Trinajstić information content (AvgIpc) is 3.03. The molecular formula is C38H25NO. The van der Waals surface area contributed by atoms with E-state index in [2.05, 4.69) is 144 Å². The number of benzene rings is 7. The molecule has 7 aromatic carbocycles. The summed E-state index contributed by atoms with van der Waals surface area (Å²) in [6.45, 7) is 0. The lowest BCUT2D eigenvalue weighted by atomic mass is 9.99. The molecule has 0 radical (unpaired) electrons. The number of hydrogen-bond donors (Lipinski definition) is 0. The molecule has 7 aromatic rings. The largest absolute Gasteiger partial charge is 0.453 e. The third-order valence-electron chi connectivity index (χ3n) is 7.82. The van der Waals surface area contributed by atoms with E-state index in [1.807, 2.05) is 12.1 Å². The summed E-state index contributed by atoms with van der Waals surface area (Å²) in [6.07, 6.45) is 0. The van der Waals surface area contributed by atoms with E-state index in [9.17, 15) is 0 Å². The van der Waals surface area contributed by atoms with Gasteiger partial charge in [0, 0.05) is 5.69 Å². The maximum Gasteiger partial charge on any atom is 0.152 e. The van der Waals surface area contributed by atoms with Crippen LogP contribution in [0.15, 0.2) is 152 Å². The molecule has 0 bridgehead atoms. The van der Waals surface area contributed by atoms with Crippen LogP contribution < -0.4 is 9.64 Å². The summed E-state index contributed by atoms with van der Waals surface area (Å²) in [7, 11) is 0. The number of fused-ring (bicyclic) bond motifs is 5. The number of anilines is 3. The monoisotopic (exact) mass is 511 g/mol. The molecule has 0 aliphatic carbocycles. The fourth-order valence-electron chi connectivity index (χ4n) is 5.84. The van der Waals surface area contributed by atoms with Gasteiger partial charge in [0.05, 0.1) is 11.4 Å². The molecule has 0 spiro atoms. The zero-order chi connectivity index (χ0) is 26.5. The quantitative estimate of drug-likeness (QED) is 0.219. The van der Waals surface area contributed by atoms with Gasteiger partial charge in [-0.25, -0.2) is 0 Å². The summed E-state index contributed by atoms with van der Waals surface area (Å²) in [5.74, 6) is 1.69. The van der Waals surface area contributed by atoms with Gasteiger partial charge in [0.2, 0.25) is 0 Å². The first-order valence-electron chi connectivity index (χ1n) is 13.6. The molecule has 2 heteroatoms. The Morgan fingerprint density at radius 3 is 1.52 bits per heavy atom. The van der Waals surface area contributed by atoms with Crippen LogP contribution in [-0.4, -0.2) is 0 Å². The molecule has 2 nitrogen and oxygen atoms in total. The van der Waals surface area contributed by atoms with Crippen LogP contribution in [0.5, 0.6) is 11.5 Å². The van der Waals surface area contributed by atoms with E-state index in [1.165, 1.54) is 32.7 Å². The third kappa shape index (κ3) is 3.73. The Balaban J connectivity index is 1.34. The second-order valence-electron chi connectivity index (χ2n) is 10.2. The van der Waals surface area contributed by atoms with E-state index in [-0.39, 0.29) is 0 Å². The van der Waals surface area contributed by atoms with Crippen molar-refractivity contribution < 1.29 is 4.74 Å². The van der Waals surface area contributed by atoms with Gasteiger partial charge in [-0.05, 0) is 80.2 Å². The number of rotatable bonds is 3. The molecule has 0 atom stereocenters. The van der Waals surface area contributed by atoms with E-state index in [0.717, 1.165) is 39.7 Å². The Bertz CT molecular complexity index is 1940. The Kier molecular flexibility index (Phi) is 5.17. The van der Waals surface area contributed by atoms with E-state index in [0.29, 0.717) is 0 Å². The van der Waals surface area contributed by atoms with Gasteiger partial charge < -0.3 is 9.64 Å². The Hall–Kier alpha value is -5.34. The molecular weight excluding hydrogens is 486 g/mol. The van der Waals surface area contributed by atoms with Crippen LogP contribution in [0.2, 0.25) is 0 Å². The standard InChI is InChI=1S/C38H25NO/c1-3-9-26(10-4-1)30-18-21-35-37(23-30)40-38-24-31(27-11-5-2-6-12-27)19-22-36(38)39(35)32-20-17-29-16-15-28-13-7-8-14-33(28)34(29)25-32/h1-25H. The molecule has 0 saturated carbocycles. The topological polar surface area (TPSA) is 12.5 Å². The van der Waals surface area contributed by atoms with Gasteiger partial charge in [-0.2, -0.15) is 0 Å². The van der Waals surface area contributed by atoms with E-state index < -0.39 is 0 Å². The minimum atomic E-state index is 0.845. The Labute approximate surface area is 233 Å². The normalized spacial score (nSPS) is 12.2. The molecule has 0 amide bonds.